The van der Waals surface area contributed by atoms with Gasteiger partial charge in [0.05, 0.1) is 0 Å². The third-order valence-electron chi connectivity index (χ3n) is 3.50. The predicted octanol–water partition coefficient (Wildman–Crippen LogP) is 2.49. The summed E-state index contributed by atoms with van der Waals surface area (Å²) in [6, 6.07) is 5.85. The van der Waals surface area contributed by atoms with Gasteiger partial charge in [-0.3, -0.25) is 0 Å². The maximum Gasteiger partial charge on any atom is 0.412 e. The Hall–Kier alpha value is -1.55. The first-order chi connectivity index (χ1) is 9.16. The summed E-state index contributed by atoms with van der Waals surface area (Å²) in [5, 5.41) is 2.81. The molecule has 1 aromatic rings. The van der Waals surface area contributed by atoms with Gasteiger partial charge >= 0.3 is 6.09 Å². The van der Waals surface area contributed by atoms with E-state index in [2.05, 4.69) is 10.2 Å². The van der Waals surface area contributed by atoms with Crippen LogP contribution in [0.2, 0.25) is 0 Å². The molecule has 2 rings (SSSR count). The van der Waals surface area contributed by atoms with Crippen molar-refractivity contribution in [3.63, 3.8) is 0 Å². The minimum Gasteiger partial charge on any atom is -0.410 e. The van der Waals surface area contributed by atoms with Crippen LogP contribution in [0.25, 0.3) is 0 Å². The Morgan fingerprint density at radius 1 is 1.26 bits per heavy atom. The largest absolute Gasteiger partial charge is 0.412 e. The Kier molecular flexibility index (Phi) is 4.80. The van der Waals surface area contributed by atoms with E-state index in [4.69, 9.17) is 4.74 Å². The van der Waals surface area contributed by atoms with E-state index in [1.807, 2.05) is 32.0 Å². The van der Waals surface area contributed by atoms with Gasteiger partial charge in [0.2, 0.25) is 0 Å². The Balaban J connectivity index is 1.77. The van der Waals surface area contributed by atoms with Crippen molar-refractivity contribution in [2.24, 2.45) is 0 Å². The van der Waals surface area contributed by atoms with Crippen molar-refractivity contribution in [3.8, 4) is 5.75 Å². The summed E-state index contributed by atoms with van der Waals surface area (Å²) in [6.45, 7) is 7.73. The van der Waals surface area contributed by atoms with Gasteiger partial charge in [-0.15, -0.1) is 0 Å². The van der Waals surface area contributed by atoms with Gasteiger partial charge in [-0.1, -0.05) is 18.2 Å². The highest BCUT2D eigenvalue weighted by atomic mass is 16.6. The number of hydrogen-bond donors (Lipinski definition) is 1. The molecule has 1 heterocycles. The molecule has 0 saturated carbocycles. The number of carbonyl (C=O) groups is 1. The second kappa shape index (κ2) is 6.57. The minimum atomic E-state index is -0.364. The standard InChI is InChI=1S/C15H22N2O2/c1-12-6-5-7-13(2)14(12)19-15(18)16-8-11-17-9-3-4-10-17/h5-7H,3-4,8-11H2,1-2H3,(H,16,18). The molecule has 1 amide bonds. The van der Waals surface area contributed by atoms with Gasteiger partial charge in [-0.25, -0.2) is 4.79 Å². The zero-order valence-electron chi connectivity index (χ0n) is 11.7. The van der Waals surface area contributed by atoms with Crippen LogP contribution in [0.1, 0.15) is 24.0 Å². The average Bonchev–Trinajstić information content (AvgIpc) is 2.87. The minimum absolute atomic E-state index is 0.364. The van der Waals surface area contributed by atoms with Gasteiger partial charge in [0, 0.05) is 13.1 Å². The van der Waals surface area contributed by atoms with Crippen LogP contribution in [0.3, 0.4) is 0 Å². The number of likely N-dealkylation sites (tertiary alicyclic amines) is 1. The third kappa shape index (κ3) is 3.96. The van der Waals surface area contributed by atoms with Crippen molar-refractivity contribution in [2.45, 2.75) is 26.7 Å². The molecule has 4 heteroatoms. The zero-order chi connectivity index (χ0) is 13.7. The van der Waals surface area contributed by atoms with Crippen molar-refractivity contribution in [1.29, 1.82) is 0 Å². The number of benzene rings is 1. The smallest absolute Gasteiger partial charge is 0.410 e. The van der Waals surface area contributed by atoms with Crippen LogP contribution in [0.4, 0.5) is 4.79 Å². The maximum absolute atomic E-state index is 11.7. The topological polar surface area (TPSA) is 41.6 Å². The van der Waals surface area contributed by atoms with Gasteiger partial charge in [-0.2, -0.15) is 0 Å². The van der Waals surface area contributed by atoms with Gasteiger partial charge in [-0.05, 0) is 50.9 Å². The molecule has 0 unspecified atom stereocenters. The van der Waals surface area contributed by atoms with E-state index in [1.54, 1.807) is 0 Å². The van der Waals surface area contributed by atoms with Crippen molar-refractivity contribution < 1.29 is 9.53 Å². The average molecular weight is 262 g/mol. The Labute approximate surface area is 114 Å². The van der Waals surface area contributed by atoms with Crippen molar-refractivity contribution in [2.75, 3.05) is 26.2 Å². The second-order valence-corrected chi connectivity index (χ2v) is 5.09. The number of rotatable bonds is 4. The number of nitrogens with zero attached hydrogens (tertiary/aromatic N) is 1. The summed E-state index contributed by atoms with van der Waals surface area (Å²) in [5.74, 6) is 0.668. The molecule has 1 aliphatic heterocycles. The summed E-state index contributed by atoms with van der Waals surface area (Å²) in [6.07, 6.45) is 2.18. The van der Waals surface area contributed by atoms with Crippen LogP contribution >= 0.6 is 0 Å². The maximum atomic E-state index is 11.7. The molecule has 1 fully saturated rings. The predicted molar refractivity (Wildman–Crippen MR) is 75.6 cm³/mol. The lowest BCUT2D eigenvalue weighted by Gasteiger charge is -2.15. The first-order valence-electron chi connectivity index (χ1n) is 6.91. The molecule has 1 aromatic carbocycles. The molecule has 0 aromatic heterocycles. The summed E-state index contributed by atoms with van der Waals surface area (Å²) < 4.78 is 5.37. The highest BCUT2D eigenvalue weighted by Crippen LogP contribution is 2.22. The number of aryl methyl sites for hydroxylation is 2. The lowest BCUT2D eigenvalue weighted by molar-refractivity contribution is 0.198. The van der Waals surface area contributed by atoms with Crippen LogP contribution in [0.5, 0.6) is 5.75 Å². The van der Waals surface area contributed by atoms with E-state index >= 15 is 0 Å². The number of nitrogens with one attached hydrogen (secondary N) is 1. The quantitative estimate of drug-likeness (QED) is 0.906. The highest BCUT2D eigenvalue weighted by Gasteiger charge is 2.12. The van der Waals surface area contributed by atoms with Gasteiger partial charge in [0.15, 0.2) is 0 Å². The molecule has 19 heavy (non-hydrogen) atoms. The Morgan fingerprint density at radius 2 is 1.89 bits per heavy atom. The fourth-order valence-electron chi connectivity index (χ4n) is 2.41. The fraction of sp³-hybridized carbons (Fsp3) is 0.533. The molecule has 1 saturated heterocycles. The summed E-state index contributed by atoms with van der Waals surface area (Å²) >= 11 is 0. The summed E-state index contributed by atoms with van der Waals surface area (Å²) in [7, 11) is 0. The van der Waals surface area contributed by atoms with E-state index in [1.165, 1.54) is 12.8 Å². The van der Waals surface area contributed by atoms with Crippen LogP contribution in [-0.2, 0) is 0 Å². The van der Waals surface area contributed by atoms with Crippen LogP contribution in [0, 0.1) is 13.8 Å². The number of amides is 1. The summed E-state index contributed by atoms with van der Waals surface area (Å²) in [5.41, 5.74) is 1.96. The first-order valence-corrected chi connectivity index (χ1v) is 6.91. The van der Waals surface area contributed by atoms with E-state index in [0.29, 0.717) is 12.3 Å². The second-order valence-electron chi connectivity index (χ2n) is 5.09. The molecule has 0 radical (unpaired) electrons. The monoisotopic (exact) mass is 262 g/mol. The molecule has 0 spiro atoms. The van der Waals surface area contributed by atoms with Gasteiger partial charge < -0.3 is 15.0 Å². The fourth-order valence-corrected chi connectivity index (χ4v) is 2.41. The van der Waals surface area contributed by atoms with E-state index < -0.39 is 0 Å². The van der Waals surface area contributed by atoms with E-state index in [9.17, 15) is 4.79 Å². The van der Waals surface area contributed by atoms with Crippen LogP contribution < -0.4 is 10.1 Å². The Morgan fingerprint density at radius 3 is 2.53 bits per heavy atom. The van der Waals surface area contributed by atoms with E-state index in [0.717, 1.165) is 30.8 Å². The molecule has 0 aliphatic carbocycles. The zero-order valence-corrected chi connectivity index (χ0v) is 11.7. The molecule has 1 aliphatic rings. The Bertz CT molecular complexity index is 420. The van der Waals surface area contributed by atoms with Crippen LogP contribution in [0.15, 0.2) is 18.2 Å². The molecule has 0 bridgehead atoms. The van der Waals surface area contributed by atoms with Crippen molar-refractivity contribution in [3.05, 3.63) is 29.3 Å². The van der Waals surface area contributed by atoms with Gasteiger partial charge in [0.25, 0.3) is 0 Å². The first kappa shape index (κ1) is 13.9. The third-order valence-corrected chi connectivity index (χ3v) is 3.50. The molecule has 0 atom stereocenters. The molecule has 104 valence electrons. The number of para-hydroxylation sites is 1. The summed E-state index contributed by atoms with van der Waals surface area (Å²) in [4.78, 5) is 14.1. The number of ether oxygens (including phenoxy) is 1. The highest BCUT2D eigenvalue weighted by molar-refractivity contribution is 5.71. The van der Waals surface area contributed by atoms with Crippen molar-refractivity contribution >= 4 is 6.09 Å². The molecular formula is C15H22N2O2. The van der Waals surface area contributed by atoms with Crippen molar-refractivity contribution in [1.82, 2.24) is 10.2 Å². The van der Waals surface area contributed by atoms with Crippen LogP contribution in [-0.4, -0.2) is 37.2 Å². The molecule has 4 nitrogen and oxygen atoms in total. The molecular weight excluding hydrogens is 240 g/mol. The molecule has 1 N–H and O–H groups in total. The van der Waals surface area contributed by atoms with E-state index in [-0.39, 0.29) is 6.09 Å². The SMILES string of the molecule is Cc1cccc(C)c1OC(=O)NCCN1CCCC1. The number of carbonyl (C=O) groups excluding carboxylic acids is 1. The lowest BCUT2D eigenvalue weighted by Crippen LogP contribution is -2.35. The normalized spacial score (nSPS) is 15.5. The number of hydrogen-bond acceptors (Lipinski definition) is 3. The van der Waals surface area contributed by atoms with Gasteiger partial charge in [0.1, 0.15) is 5.75 Å². The lowest BCUT2D eigenvalue weighted by atomic mass is 10.1.